The molecule has 2 heterocycles. The van der Waals surface area contributed by atoms with E-state index in [-0.39, 0.29) is 5.78 Å². The summed E-state index contributed by atoms with van der Waals surface area (Å²) < 4.78 is 2.15. The summed E-state index contributed by atoms with van der Waals surface area (Å²) >= 11 is 5.57. The fourth-order valence-corrected chi connectivity index (χ4v) is 2.20. The molecular formula is C11H14ClNO. The smallest absolute Gasteiger partial charge is 0.180 e. The molecule has 14 heavy (non-hydrogen) atoms. The minimum absolute atomic E-state index is 0.174. The zero-order valence-electron chi connectivity index (χ0n) is 8.13. The Morgan fingerprint density at radius 1 is 1.43 bits per heavy atom. The lowest BCUT2D eigenvalue weighted by Gasteiger charge is -2.17. The van der Waals surface area contributed by atoms with Crippen molar-refractivity contribution >= 4 is 17.4 Å². The molecule has 1 aliphatic heterocycles. The number of fused-ring (bicyclic) bond motifs is 1. The van der Waals surface area contributed by atoms with Crippen LogP contribution >= 0.6 is 11.6 Å². The molecule has 0 atom stereocenters. The molecule has 0 fully saturated rings. The summed E-state index contributed by atoms with van der Waals surface area (Å²) in [6, 6.07) is 4.01. The van der Waals surface area contributed by atoms with Crippen molar-refractivity contribution in [3.05, 3.63) is 23.5 Å². The normalized spacial score (nSPS) is 15.2. The molecule has 0 amide bonds. The first-order valence-corrected chi connectivity index (χ1v) is 5.64. The largest absolute Gasteiger partial charge is 0.342 e. The number of nitrogens with zero attached hydrogens (tertiary/aromatic N) is 1. The van der Waals surface area contributed by atoms with Gasteiger partial charge in [-0.2, -0.15) is 0 Å². The van der Waals surface area contributed by atoms with E-state index in [9.17, 15) is 4.79 Å². The molecule has 3 heteroatoms. The van der Waals surface area contributed by atoms with Crippen LogP contribution in [-0.2, 0) is 13.0 Å². The number of ketones is 1. The van der Waals surface area contributed by atoms with Crippen molar-refractivity contribution in [3.8, 4) is 0 Å². The summed E-state index contributed by atoms with van der Waals surface area (Å²) in [7, 11) is 0. The number of hydrogen-bond acceptors (Lipinski definition) is 1. The summed E-state index contributed by atoms with van der Waals surface area (Å²) in [6.45, 7) is 0.992. The van der Waals surface area contributed by atoms with Crippen molar-refractivity contribution in [2.75, 3.05) is 5.88 Å². The number of Topliss-reactive ketones (excluding diaryl/α,β-unsaturated/α-hetero) is 1. The third-order valence-corrected chi connectivity index (χ3v) is 2.93. The standard InChI is InChI=1S/C11H14ClNO/c12-7-6-11(14)10-5-4-9-3-1-2-8-13(9)10/h4-5H,1-3,6-8H2. The van der Waals surface area contributed by atoms with Crippen molar-refractivity contribution in [1.82, 2.24) is 4.57 Å². The highest BCUT2D eigenvalue weighted by Crippen LogP contribution is 2.19. The Hall–Kier alpha value is -0.760. The quantitative estimate of drug-likeness (QED) is 0.557. The second-order valence-corrected chi connectivity index (χ2v) is 4.06. The van der Waals surface area contributed by atoms with Crippen LogP contribution in [0.25, 0.3) is 0 Å². The Morgan fingerprint density at radius 3 is 3.07 bits per heavy atom. The van der Waals surface area contributed by atoms with E-state index in [1.165, 1.54) is 18.5 Å². The number of rotatable bonds is 3. The van der Waals surface area contributed by atoms with Crippen LogP contribution in [0.4, 0.5) is 0 Å². The van der Waals surface area contributed by atoms with E-state index in [1.807, 2.05) is 6.07 Å². The molecule has 0 aliphatic carbocycles. The van der Waals surface area contributed by atoms with Crippen molar-refractivity contribution in [3.63, 3.8) is 0 Å². The highest BCUT2D eigenvalue weighted by Gasteiger charge is 2.16. The summed E-state index contributed by atoms with van der Waals surface area (Å²) in [5.41, 5.74) is 2.15. The Balaban J connectivity index is 2.25. The number of alkyl halides is 1. The molecule has 0 saturated carbocycles. The van der Waals surface area contributed by atoms with Crippen LogP contribution in [0.5, 0.6) is 0 Å². The molecule has 0 radical (unpaired) electrons. The third-order valence-electron chi connectivity index (χ3n) is 2.74. The number of halogens is 1. The number of carbonyl (C=O) groups is 1. The van der Waals surface area contributed by atoms with Crippen molar-refractivity contribution < 1.29 is 4.79 Å². The van der Waals surface area contributed by atoms with Gasteiger partial charge >= 0.3 is 0 Å². The second kappa shape index (κ2) is 4.18. The van der Waals surface area contributed by atoms with Crippen molar-refractivity contribution in [1.29, 1.82) is 0 Å². The molecule has 76 valence electrons. The van der Waals surface area contributed by atoms with Crippen molar-refractivity contribution in [2.24, 2.45) is 0 Å². The van der Waals surface area contributed by atoms with Crippen molar-refractivity contribution in [2.45, 2.75) is 32.2 Å². The first-order valence-electron chi connectivity index (χ1n) is 5.10. The van der Waals surface area contributed by atoms with E-state index in [1.54, 1.807) is 0 Å². The van der Waals surface area contributed by atoms with E-state index in [0.29, 0.717) is 12.3 Å². The Bertz CT molecular complexity index is 343. The second-order valence-electron chi connectivity index (χ2n) is 3.68. The fourth-order valence-electron chi connectivity index (χ4n) is 2.03. The highest BCUT2D eigenvalue weighted by molar-refractivity contribution is 6.19. The van der Waals surface area contributed by atoms with Gasteiger partial charge in [-0.15, -0.1) is 11.6 Å². The van der Waals surface area contributed by atoms with Gasteiger partial charge in [-0.1, -0.05) is 0 Å². The highest BCUT2D eigenvalue weighted by atomic mass is 35.5. The molecule has 2 nitrogen and oxygen atoms in total. The fraction of sp³-hybridized carbons (Fsp3) is 0.545. The Labute approximate surface area is 88.9 Å². The monoisotopic (exact) mass is 211 g/mol. The lowest BCUT2D eigenvalue weighted by Crippen LogP contribution is -2.15. The van der Waals surface area contributed by atoms with Crippen LogP contribution in [0, 0.1) is 0 Å². The first-order chi connectivity index (χ1) is 6.83. The molecule has 0 aromatic carbocycles. The average Bonchev–Trinajstić information content (AvgIpc) is 2.61. The van der Waals surface area contributed by atoms with Crippen LogP contribution < -0.4 is 0 Å². The minimum atomic E-state index is 0.174. The van der Waals surface area contributed by atoms with Gasteiger partial charge in [0.15, 0.2) is 5.78 Å². The topological polar surface area (TPSA) is 22.0 Å². The molecule has 0 saturated heterocycles. The predicted octanol–water partition coefficient (Wildman–Crippen LogP) is 2.64. The van der Waals surface area contributed by atoms with E-state index >= 15 is 0 Å². The summed E-state index contributed by atoms with van der Waals surface area (Å²) in [6.07, 6.45) is 3.98. The molecule has 2 rings (SSSR count). The maximum atomic E-state index is 11.7. The van der Waals surface area contributed by atoms with Gasteiger partial charge in [0.1, 0.15) is 0 Å². The minimum Gasteiger partial charge on any atom is -0.342 e. The van der Waals surface area contributed by atoms with Gasteiger partial charge in [0.05, 0.1) is 5.69 Å². The van der Waals surface area contributed by atoms with E-state index in [0.717, 1.165) is 18.7 Å². The Morgan fingerprint density at radius 2 is 2.29 bits per heavy atom. The summed E-state index contributed by atoms with van der Waals surface area (Å²) in [4.78, 5) is 11.7. The molecule has 0 unspecified atom stereocenters. The Kier molecular flexibility index (Phi) is 2.92. The van der Waals surface area contributed by atoms with Gasteiger partial charge < -0.3 is 4.57 Å². The van der Waals surface area contributed by atoms with Gasteiger partial charge in [-0.05, 0) is 31.4 Å². The van der Waals surface area contributed by atoms with Crippen LogP contribution in [0.2, 0.25) is 0 Å². The van der Waals surface area contributed by atoms with Gasteiger partial charge in [0, 0.05) is 24.5 Å². The third kappa shape index (κ3) is 1.71. The predicted molar refractivity (Wildman–Crippen MR) is 57.0 cm³/mol. The van der Waals surface area contributed by atoms with Gasteiger partial charge in [0.2, 0.25) is 0 Å². The number of carbonyl (C=O) groups excluding carboxylic acids is 1. The number of aryl methyl sites for hydroxylation is 1. The molecule has 0 spiro atoms. The van der Waals surface area contributed by atoms with Crippen LogP contribution in [0.15, 0.2) is 12.1 Å². The molecule has 0 bridgehead atoms. The van der Waals surface area contributed by atoms with Crippen LogP contribution in [0.1, 0.15) is 35.4 Å². The zero-order chi connectivity index (χ0) is 9.97. The first kappa shape index (κ1) is 9.78. The van der Waals surface area contributed by atoms with Gasteiger partial charge in [0.25, 0.3) is 0 Å². The lowest BCUT2D eigenvalue weighted by atomic mass is 10.1. The summed E-state index contributed by atoms with van der Waals surface area (Å²) in [5, 5.41) is 0. The number of hydrogen-bond donors (Lipinski definition) is 0. The SMILES string of the molecule is O=C(CCCl)c1ccc2n1CCCC2. The van der Waals surface area contributed by atoms with E-state index in [2.05, 4.69) is 10.6 Å². The summed E-state index contributed by atoms with van der Waals surface area (Å²) in [5.74, 6) is 0.590. The average molecular weight is 212 g/mol. The van der Waals surface area contributed by atoms with Gasteiger partial charge in [-0.25, -0.2) is 0 Å². The molecular weight excluding hydrogens is 198 g/mol. The molecule has 1 aromatic heterocycles. The van der Waals surface area contributed by atoms with Crippen LogP contribution in [-0.4, -0.2) is 16.2 Å². The zero-order valence-corrected chi connectivity index (χ0v) is 8.89. The van der Waals surface area contributed by atoms with Crippen LogP contribution in [0.3, 0.4) is 0 Å². The van der Waals surface area contributed by atoms with E-state index < -0.39 is 0 Å². The van der Waals surface area contributed by atoms with Gasteiger partial charge in [-0.3, -0.25) is 4.79 Å². The maximum absolute atomic E-state index is 11.7. The molecule has 1 aliphatic rings. The molecule has 1 aromatic rings. The molecule has 0 N–H and O–H groups in total. The lowest BCUT2D eigenvalue weighted by molar-refractivity contribution is 0.0979. The van der Waals surface area contributed by atoms with E-state index in [4.69, 9.17) is 11.6 Å². The number of aromatic nitrogens is 1. The maximum Gasteiger partial charge on any atom is 0.180 e.